The van der Waals surface area contributed by atoms with E-state index in [-0.39, 0.29) is 34.7 Å². The highest BCUT2D eigenvalue weighted by Crippen LogP contribution is 2.23. The molecule has 0 amide bonds. The van der Waals surface area contributed by atoms with Crippen LogP contribution in [0.1, 0.15) is 41.4 Å². The second-order valence-corrected chi connectivity index (χ2v) is 7.52. The van der Waals surface area contributed by atoms with Crippen molar-refractivity contribution in [3.8, 4) is 23.0 Å². The first-order valence-corrected chi connectivity index (χ1v) is 10.8. The fourth-order valence-electron chi connectivity index (χ4n) is 2.93. The zero-order chi connectivity index (χ0) is 27.7. The van der Waals surface area contributed by atoms with Crippen molar-refractivity contribution in [2.24, 2.45) is 0 Å². The Morgan fingerprint density at radius 2 is 0.513 bits per heavy atom. The number of hydrogen-bond donors (Lipinski definition) is 4. The molecular weight excluding hydrogens is 532 g/mol. The molecule has 0 spiro atoms. The zero-order valence-corrected chi connectivity index (χ0v) is 20.7. The van der Waals surface area contributed by atoms with Crippen LogP contribution in [0.15, 0.2) is 97.1 Å². The van der Waals surface area contributed by atoms with Crippen molar-refractivity contribution < 1.29 is 49.1 Å². The highest BCUT2D eigenvalue weighted by Gasteiger charge is 2.06. The molecule has 4 N–H and O–H groups in total. The second kappa shape index (κ2) is 13.8. The molecule has 4 rings (SSSR count). The van der Waals surface area contributed by atoms with Crippen LogP contribution in [-0.4, -0.2) is 44.3 Å². The topological polar surface area (TPSA) is 168 Å². The molecule has 39 heavy (non-hydrogen) atoms. The van der Waals surface area contributed by atoms with Crippen molar-refractivity contribution in [3.05, 3.63) is 119 Å². The number of carboxylic acids is 4. The lowest BCUT2D eigenvalue weighted by molar-refractivity contribution is 0.0686. The molecule has 0 saturated carbocycles. The number of ether oxygens (including phenoxy) is 2. The number of carboxylic acid groups (broad SMARTS) is 4. The van der Waals surface area contributed by atoms with Gasteiger partial charge in [-0.05, 0) is 97.1 Å². The first-order valence-electron chi connectivity index (χ1n) is 10.8. The average molecular weight is 553 g/mol. The van der Waals surface area contributed by atoms with Crippen LogP contribution in [0.2, 0.25) is 0 Å². The predicted molar refractivity (Wildman–Crippen MR) is 141 cm³/mol. The van der Waals surface area contributed by atoms with E-state index < -0.39 is 23.9 Å². The molecule has 0 aromatic heterocycles. The molecule has 0 bridgehead atoms. The molecule has 200 valence electrons. The average Bonchev–Trinajstić information content (AvgIpc) is 2.90. The third-order valence-electron chi connectivity index (χ3n) is 4.88. The van der Waals surface area contributed by atoms with E-state index >= 15 is 0 Å². The maximum Gasteiger partial charge on any atom is 0.335 e. The molecule has 0 radical (unpaired) electrons. The Bertz CT molecular complexity index is 1210. The molecule has 0 aliphatic carbocycles. The highest BCUT2D eigenvalue weighted by molar-refractivity contribution is 5.89. The summed E-state index contributed by atoms with van der Waals surface area (Å²) in [6.07, 6.45) is 0. The Labute approximate surface area is 227 Å². The van der Waals surface area contributed by atoms with Crippen LogP contribution < -0.4 is 9.47 Å². The van der Waals surface area contributed by atoms with Crippen LogP contribution in [0.25, 0.3) is 0 Å². The minimum atomic E-state index is -1.00. The summed E-state index contributed by atoms with van der Waals surface area (Å²) in [6, 6.07) is 23.8. The Hall–Kier alpha value is -5.35. The lowest BCUT2D eigenvalue weighted by Crippen LogP contribution is -1.96. The fourth-order valence-corrected chi connectivity index (χ4v) is 2.93. The largest absolute Gasteiger partial charge is 0.478 e. The van der Waals surface area contributed by atoms with Crippen molar-refractivity contribution in [1.82, 2.24) is 0 Å². The van der Waals surface area contributed by atoms with Crippen LogP contribution in [0.3, 0.4) is 0 Å². The standard InChI is InChI=1S/2C14H10O5.ClH/c2*15-13(16)9-1-5-11(6-2-9)19-12-7-3-10(4-8-12)14(17)18;/h2*1-8H,(H,15,16)(H,17,18);1H. The summed E-state index contributed by atoms with van der Waals surface area (Å²) in [5.41, 5.74) is 0.698. The Kier molecular flexibility index (Phi) is 10.6. The SMILES string of the molecule is Cl.O=C(O)c1ccc(Oc2ccc(C(=O)O)cc2)cc1.O=C(O)c1ccc(Oc2ccc(C(=O)O)cc2)cc1. The van der Waals surface area contributed by atoms with E-state index in [2.05, 4.69) is 0 Å². The normalized spacial score (nSPS) is 9.64. The van der Waals surface area contributed by atoms with Gasteiger partial charge >= 0.3 is 23.9 Å². The summed E-state index contributed by atoms with van der Waals surface area (Å²) in [5.74, 6) is -2.09. The van der Waals surface area contributed by atoms with Gasteiger partial charge in [0.15, 0.2) is 0 Å². The smallest absolute Gasteiger partial charge is 0.335 e. The van der Waals surface area contributed by atoms with Gasteiger partial charge in [-0.15, -0.1) is 12.4 Å². The van der Waals surface area contributed by atoms with Gasteiger partial charge in [0, 0.05) is 0 Å². The van der Waals surface area contributed by atoms with Gasteiger partial charge < -0.3 is 29.9 Å². The summed E-state index contributed by atoms with van der Waals surface area (Å²) >= 11 is 0. The van der Waals surface area contributed by atoms with Crippen molar-refractivity contribution in [2.45, 2.75) is 0 Å². The van der Waals surface area contributed by atoms with E-state index in [0.717, 1.165) is 0 Å². The Morgan fingerprint density at radius 1 is 0.359 bits per heavy atom. The molecule has 4 aromatic rings. The number of halogens is 1. The molecule has 10 nitrogen and oxygen atoms in total. The van der Waals surface area contributed by atoms with Crippen LogP contribution in [0.5, 0.6) is 23.0 Å². The van der Waals surface area contributed by atoms with E-state index in [4.69, 9.17) is 29.9 Å². The van der Waals surface area contributed by atoms with Crippen molar-refractivity contribution in [1.29, 1.82) is 0 Å². The van der Waals surface area contributed by atoms with Gasteiger partial charge in [-0.25, -0.2) is 19.2 Å². The molecule has 0 aliphatic heterocycles. The van der Waals surface area contributed by atoms with Gasteiger partial charge in [0.05, 0.1) is 22.3 Å². The fraction of sp³-hybridized carbons (Fsp3) is 0. The maximum atomic E-state index is 10.7. The second-order valence-electron chi connectivity index (χ2n) is 7.52. The number of carbonyl (C=O) groups is 4. The highest BCUT2D eigenvalue weighted by atomic mass is 35.5. The third kappa shape index (κ3) is 8.92. The number of benzene rings is 4. The van der Waals surface area contributed by atoms with Gasteiger partial charge in [0.1, 0.15) is 23.0 Å². The van der Waals surface area contributed by atoms with E-state index in [1.54, 1.807) is 0 Å². The molecule has 0 saturated heterocycles. The maximum absolute atomic E-state index is 10.7. The van der Waals surface area contributed by atoms with Gasteiger partial charge in [0.2, 0.25) is 0 Å². The quantitative estimate of drug-likeness (QED) is 0.198. The van der Waals surface area contributed by atoms with Gasteiger partial charge in [0.25, 0.3) is 0 Å². The lowest BCUT2D eigenvalue weighted by atomic mass is 10.2. The van der Waals surface area contributed by atoms with E-state index in [1.807, 2.05) is 0 Å². The van der Waals surface area contributed by atoms with Crippen LogP contribution in [0, 0.1) is 0 Å². The first-order chi connectivity index (χ1) is 18.1. The van der Waals surface area contributed by atoms with Crippen LogP contribution in [0.4, 0.5) is 0 Å². The minimum absolute atomic E-state index is 0. The summed E-state index contributed by atoms with van der Waals surface area (Å²) in [7, 11) is 0. The summed E-state index contributed by atoms with van der Waals surface area (Å²) in [4.78, 5) is 42.7. The van der Waals surface area contributed by atoms with E-state index in [9.17, 15) is 19.2 Å². The molecule has 0 aliphatic rings. The number of aromatic carboxylic acids is 4. The molecule has 11 heteroatoms. The third-order valence-corrected chi connectivity index (χ3v) is 4.88. The molecule has 0 atom stereocenters. The zero-order valence-electron chi connectivity index (χ0n) is 19.9. The minimum Gasteiger partial charge on any atom is -0.478 e. The molecular formula is C28H21ClO10. The first kappa shape index (κ1) is 29.9. The summed E-state index contributed by atoms with van der Waals surface area (Å²) < 4.78 is 10.9. The monoisotopic (exact) mass is 552 g/mol. The Balaban J connectivity index is 0.000000267. The van der Waals surface area contributed by atoms with Crippen molar-refractivity contribution in [2.75, 3.05) is 0 Å². The molecule has 0 heterocycles. The predicted octanol–water partition coefficient (Wildman–Crippen LogP) is 6.17. The van der Waals surface area contributed by atoms with Gasteiger partial charge in [-0.2, -0.15) is 0 Å². The van der Waals surface area contributed by atoms with E-state index in [0.29, 0.717) is 23.0 Å². The lowest BCUT2D eigenvalue weighted by Gasteiger charge is -2.06. The molecule has 4 aromatic carbocycles. The van der Waals surface area contributed by atoms with Gasteiger partial charge in [-0.1, -0.05) is 0 Å². The van der Waals surface area contributed by atoms with Crippen molar-refractivity contribution >= 4 is 36.3 Å². The van der Waals surface area contributed by atoms with Crippen LogP contribution in [-0.2, 0) is 0 Å². The summed E-state index contributed by atoms with van der Waals surface area (Å²) in [6.45, 7) is 0. The van der Waals surface area contributed by atoms with E-state index in [1.165, 1.54) is 97.1 Å². The molecule has 0 fully saturated rings. The number of rotatable bonds is 8. The van der Waals surface area contributed by atoms with Crippen molar-refractivity contribution in [3.63, 3.8) is 0 Å². The van der Waals surface area contributed by atoms with Crippen LogP contribution >= 0.6 is 12.4 Å². The molecule has 0 unspecified atom stereocenters. The Morgan fingerprint density at radius 3 is 0.641 bits per heavy atom. The summed E-state index contributed by atoms with van der Waals surface area (Å²) in [5, 5.41) is 35.0. The number of hydrogen-bond acceptors (Lipinski definition) is 6. The van der Waals surface area contributed by atoms with Gasteiger partial charge in [-0.3, -0.25) is 0 Å².